The van der Waals surface area contributed by atoms with E-state index in [0.717, 1.165) is 55.8 Å². The lowest BCUT2D eigenvalue weighted by Gasteiger charge is -2.41. The molecule has 6 heteroatoms. The third-order valence-electron chi connectivity index (χ3n) is 5.79. The molecule has 2 fully saturated rings. The van der Waals surface area contributed by atoms with E-state index in [1.165, 1.54) is 12.8 Å². The highest BCUT2D eigenvalue weighted by atomic mass is 35.5. The van der Waals surface area contributed by atoms with Crippen LogP contribution in [-0.2, 0) is 16.1 Å². The van der Waals surface area contributed by atoms with Crippen LogP contribution in [0.5, 0.6) is 0 Å². The fraction of sp³-hybridized carbons (Fsp3) is 0.600. The summed E-state index contributed by atoms with van der Waals surface area (Å²) in [5, 5.41) is 3.34. The molecule has 0 spiro atoms. The minimum absolute atomic E-state index is 0.226. The summed E-state index contributed by atoms with van der Waals surface area (Å²) in [6, 6.07) is 3.97. The van der Waals surface area contributed by atoms with E-state index in [0.29, 0.717) is 17.3 Å². The quantitative estimate of drug-likeness (QED) is 0.800. The van der Waals surface area contributed by atoms with Crippen molar-refractivity contribution < 1.29 is 9.59 Å². The number of hydrogen-bond acceptors (Lipinski definition) is 3. The number of amides is 2. The highest BCUT2D eigenvalue weighted by Gasteiger charge is 2.33. The van der Waals surface area contributed by atoms with Gasteiger partial charge in [0.05, 0.1) is 0 Å². The van der Waals surface area contributed by atoms with Crippen molar-refractivity contribution in [2.24, 2.45) is 5.92 Å². The van der Waals surface area contributed by atoms with Crippen LogP contribution in [0, 0.1) is 12.8 Å². The second-order valence-corrected chi connectivity index (χ2v) is 8.03. The number of rotatable bonds is 5. The lowest BCUT2D eigenvalue weighted by molar-refractivity contribution is -0.140. The van der Waals surface area contributed by atoms with Gasteiger partial charge in [-0.3, -0.25) is 14.5 Å². The van der Waals surface area contributed by atoms with Gasteiger partial charge < -0.3 is 10.2 Å². The van der Waals surface area contributed by atoms with Crippen LogP contribution in [0.3, 0.4) is 0 Å². The lowest BCUT2D eigenvalue weighted by Crippen LogP contribution is -2.54. The second-order valence-electron chi connectivity index (χ2n) is 7.60. The summed E-state index contributed by atoms with van der Waals surface area (Å²) >= 11 is 6.21. The molecule has 2 amide bonds. The van der Waals surface area contributed by atoms with Crippen molar-refractivity contribution in [3.8, 4) is 0 Å². The highest BCUT2D eigenvalue weighted by molar-refractivity contribution is 6.31. The van der Waals surface area contributed by atoms with E-state index >= 15 is 0 Å². The van der Waals surface area contributed by atoms with Crippen LogP contribution in [0.4, 0.5) is 5.69 Å². The molecule has 1 N–H and O–H groups in total. The van der Waals surface area contributed by atoms with Gasteiger partial charge in [-0.15, -0.1) is 0 Å². The molecule has 0 radical (unpaired) electrons. The van der Waals surface area contributed by atoms with E-state index in [2.05, 4.69) is 22.0 Å². The molecule has 1 saturated heterocycles. The number of carbonyl (C=O) groups excluding carboxylic acids is 2. The van der Waals surface area contributed by atoms with Gasteiger partial charge in [-0.2, -0.15) is 0 Å². The molecular formula is C20H28ClN3O2. The van der Waals surface area contributed by atoms with Crippen molar-refractivity contribution in [3.05, 3.63) is 28.3 Å². The summed E-state index contributed by atoms with van der Waals surface area (Å²) in [5.74, 6) is 0.599. The van der Waals surface area contributed by atoms with Crippen molar-refractivity contribution in [1.82, 2.24) is 9.80 Å². The number of anilines is 1. The van der Waals surface area contributed by atoms with Crippen LogP contribution in [0.2, 0.25) is 5.02 Å². The van der Waals surface area contributed by atoms with Crippen molar-refractivity contribution in [1.29, 1.82) is 0 Å². The normalized spacial score (nSPS) is 21.8. The van der Waals surface area contributed by atoms with Gasteiger partial charge in [0.25, 0.3) is 0 Å². The van der Waals surface area contributed by atoms with E-state index in [9.17, 15) is 9.59 Å². The summed E-state index contributed by atoms with van der Waals surface area (Å²) in [7, 11) is 0. The lowest BCUT2D eigenvalue weighted by atomic mass is 10.0. The molecule has 142 valence electrons. The van der Waals surface area contributed by atoms with E-state index in [1.807, 2.05) is 13.0 Å². The van der Waals surface area contributed by atoms with E-state index < -0.39 is 0 Å². The Bertz CT molecular complexity index is 673. The molecule has 1 aromatic rings. The van der Waals surface area contributed by atoms with Crippen LogP contribution < -0.4 is 5.32 Å². The first-order valence-electron chi connectivity index (χ1n) is 9.51. The third-order valence-corrected chi connectivity index (χ3v) is 6.01. The van der Waals surface area contributed by atoms with E-state index in [1.54, 1.807) is 6.07 Å². The standard InChI is InChI=1S/C20H28ClN3O2/c1-14-11-23(7-8-24(14)20(26)16-5-3-4-6-16)12-17-9-18(21)10-19(15(17)2)22-13-25/h9-10,13-14,16H,3-8,11-12H2,1-2H3,(H,22,25)/t14-/m0/s1. The van der Waals surface area contributed by atoms with Gasteiger partial charge in [0.1, 0.15) is 0 Å². The predicted molar refractivity (Wildman–Crippen MR) is 104 cm³/mol. The number of piperazine rings is 1. The smallest absolute Gasteiger partial charge is 0.226 e. The molecule has 1 saturated carbocycles. The Kier molecular flexibility index (Phi) is 6.20. The first-order valence-corrected chi connectivity index (χ1v) is 9.89. The van der Waals surface area contributed by atoms with E-state index in [4.69, 9.17) is 11.6 Å². The maximum atomic E-state index is 12.7. The summed E-state index contributed by atoms with van der Waals surface area (Å²) in [5.41, 5.74) is 2.91. The van der Waals surface area contributed by atoms with Gasteiger partial charge >= 0.3 is 0 Å². The Balaban J connectivity index is 1.64. The summed E-state index contributed by atoms with van der Waals surface area (Å²) in [6.07, 6.45) is 5.17. The fourth-order valence-corrected chi connectivity index (χ4v) is 4.51. The van der Waals surface area contributed by atoms with Crippen LogP contribution in [0.1, 0.15) is 43.7 Å². The number of carbonyl (C=O) groups is 2. The molecular weight excluding hydrogens is 350 g/mol. The number of hydrogen-bond donors (Lipinski definition) is 1. The number of nitrogens with zero attached hydrogens (tertiary/aromatic N) is 2. The summed E-state index contributed by atoms with van der Waals surface area (Å²) in [4.78, 5) is 28.0. The first kappa shape index (κ1) is 19.2. The number of halogens is 1. The van der Waals surface area contributed by atoms with Crippen molar-refractivity contribution in [3.63, 3.8) is 0 Å². The molecule has 5 nitrogen and oxygen atoms in total. The third kappa shape index (κ3) is 4.21. The Morgan fingerprint density at radius 2 is 2.04 bits per heavy atom. The predicted octanol–water partition coefficient (Wildman–Crippen LogP) is 3.44. The average molecular weight is 378 g/mol. The first-order chi connectivity index (χ1) is 12.5. The molecule has 1 aliphatic carbocycles. The Hall–Kier alpha value is -1.59. The van der Waals surface area contributed by atoms with E-state index in [-0.39, 0.29) is 12.0 Å². The molecule has 1 atom stereocenters. The minimum atomic E-state index is 0.226. The molecule has 0 unspecified atom stereocenters. The number of nitrogens with one attached hydrogen (secondary N) is 1. The maximum Gasteiger partial charge on any atom is 0.226 e. The van der Waals surface area contributed by atoms with Crippen LogP contribution in [-0.4, -0.2) is 47.8 Å². The minimum Gasteiger partial charge on any atom is -0.337 e. The van der Waals surface area contributed by atoms with Crippen molar-refractivity contribution >= 4 is 29.6 Å². The van der Waals surface area contributed by atoms with Crippen molar-refractivity contribution in [2.45, 2.75) is 52.1 Å². The topological polar surface area (TPSA) is 52.6 Å². The van der Waals surface area contributed by atoms with Gasteiger partial charge in [-0.1, -0.05) is 24.4 Å². The van der Waals surface area contributed by atoms with Crippen LogP contribution in [0.25, 0.3) is 0 Å². The Morgan fingerprint density at radius 1 is 1.31 bits per heavy atom. The maximum absolute atomic E-state index is 12.7. The SMILES string of the molecule is Cc1c(CN2CCN(C(=O)C3CCCC3)[C@@H](C)C2)cc(Cl)cc1NC=O. The molecule has 2 aliphatic rings. The summed E-state index contributed by atoms with van der Waals surface area (Å²) < 4.78 is 0. The summed E-state index contributed by atoms with van der Waals surface area (Å²) in [6.45, 7) is 7.43. The zero-order valence-corrected chi connectivity index (χ0v) is 16.4. The van der Waals surface area contributed by atoms with Gasteiger partial charge in [-0.05, 0) is 49.9 Å². The molecule has 3 rings (SSSR count). The van der Waals surface area contributed by atoms with Crippen LogP contribution >= 0.6 is 11.6 Å². The molecule has 1 heterocycles. The molecule has 1 aliphatic heterocycles. The van der Waals surface area contributed by atoms with Gasteiger partial charge in [-0.25, -0.2) is 0 Å². The largest absolute Gasteiger partial charge is 0.337 e. The van der Waals surface area contributed by atoms with Crippen molar-refractivity contribution in [2.75, 3.05) is 25.0 Å². The average Bonchev–Trinajstić information content (AvgIpc) is 3.13. The fourth-order valence-electron chi connectivity index (χ4n) is 4.27. The highest BCUT2D eigenvalue weighted by Crippen LogP contribution is 2.29. The number of benzene rings is 1. The zero-order valence-electron chi connectivity index (χ0n) is 15.6. The molecule has 0 aromatic heterocycles. The van der Waals surface area contributed by atoms with Gasteiger partial charge in [0, 0.05) is 48.8 Å². The molecule has 0 bridgehead atoms. The van der Waals surface area contributed by atoms with Gasteiger partial charge in [0.15, 0.2) is 0 Å². The monoisotopic (exact) mass is 377 g/mol. The Labute approximate surface area is 160 Å². The van der Waals surface area contributed by atoms with Gasteiger partial charge in [0.2, 0.25) is 12.3 Å². The second kappa shape index (κ2) is 8.40. The molecule has 26 heavy (non-hydrogen) atoms. The zero-order chi connectivity index (χ0) is 18.7. The molecule has 1 aromatic carbocycles. The Morgan fingerprint density at radius 3 is 2.69 bits per heavy atom. The van der Waals surface area contributed by atoms with Crippen LogP contribution in [0.15, 0.2) is 12.1 Å².